The number of hydrogen-bond acceptors (Lipinski definition) is 5. The summed E-state index contributed by atoms with van der Waals surface area (Å²) in [5, 5.41) is 7.03. The van der Waals surface area contributed by atoms with Gasteiger partial charge >= 0.3 is 5.97 Å². The number of amides is 2. The lowest BCUT2D eigenvalue weighted by Crippen LogP contribution is -2.47. The molecule has 1 heterocycles. The van der Waals surface area contributed by atoms with Crippen LogP contribution in [0.5, 0.6) is 0 Å². The molecule has 2 amide bonds. The maximum atomic E-state index is 12.2. The van der Waals surface area contributed by atoms with Crippen molar-refractivity contribution in [1.29, 1.82) is 0 Å². The van der Waals surface area contributed by atoms with Crippen LogP contribution < -0.4 is 10.6 Å². The monoisotopic (exact) mass is 326 g/mol. The Kier molecular flexibility index (Phi) is 7.04. The minimum atomic E-state index is -0.896. The SMILES string of the molecule is CCNC(=O)[C@H](C)OC(=O)[C@@H](NC(=O)c1cccs1)C(C)C. The largest absolute Gasteiger partial charge is 0.451 e. The molecule has 122 valence electrons. The number of nitrogens with one attached hydrogen (secondary N) is 2. The van der Waals surface area contributed by atoms with Gasteiger partial charge in [-0.05, 0) is 31.2 Å². The van der Waals surface area contributed by atoms with Gasteiger partial charge in [0.05, 0.1) is 4.88 Å². The van der Waals surface area contributed by atoms with Gasteiger partial charge in [0.2, 0.25) is 0 Å². The fraction of sp³-hybridized carbons (Fsp3) is 0.533. The Hall–Kier alpha value is -1.89. The van der Waals surface area contributed by atoms with Crippen molar-refractivity contribution in [3.8, 4) is 0 Å². The van der Waals surface area contributed by atoms with Crippen LogP contribution in [0.3, 0.4) is 0 Å². The van der Waals surface area contributed by atoms with Crippen LogP contribution in [0.25, 0.3) is 0 Å². The first kappa shape index (κ1) is 18.2. The number of likely N-dealkylation sites (N-methyl/N-ethyl adjacent to an activating group) is 1. The van der Waals surface area contributed by atoms with Crippen molar-refractivity contribution in [3.63, 3.8) is 0 Å². The van der Waals surface area contributed by atoms with E-state index < -0.39 is 18.1 Å². The molecular weight excluding hydrogens is 304 g/mol. The Bertz CT molecular complexity index is 514. The number of carbonyl (C=O) groups excluding carboxylic acids is 3. The quantitative estimate of drug-likeness (QED) is 0.745. The van der Waals surface area contributed by atoms with Crippen LogP contribution in [-0.2, 0) is 14.3 Å². The Morgan fingerprint density at radius 2 is 1.95 bits per heavy atom. The van der Waals surface area contributed by atoms with Gasteiger partial charge in [-0.2, -0.15) is 0 Å². The van der Waals surface area contributed by atoms with E-state index in [2.05, 4.69) is 10.6 Å². The molecule has 1 rings (SSSR count). The first-order valence-corrected chi connectivity index (χ1v) is 8.07. The number of carbonyl (C=O) groups is 3. The first-order valence-electron chi connectivity index (χ1n) is 7.19. The Labute approximate surface area is 134 Å². The van der Waals surface area contributed by atoms with Crippen LogP contribution in [0.4, 0.5) is 0 Å². The molecule has 0 saturated carbocycles. The van der Waals surface area contributed by atoms with Gasteiger partial charge in [0, 0.05) is 6.54 Å². The molecule has 7 heteroatoms. The molecule has 0 fully saturated rings. The maximum absolute atomic E-state index is 12.2. The molecule has 22 heavy (non-hydrogen) atoms. The van der Waals surface area contributed by atoms with Crippen molar-refractivity contribution in [2.24, 2.45) is 5.92 Å². The van der Waals surface area contributed by atoms with Crippen molar-refractivity contribution in [1.82, 2.24) is 10.6 Å². The topological polar surface area (TPSA) is 84.5 Å². The highest BCUT2D eigenvalue weighted by Crippen LogP contribution is 2.11. The second-order valence-corrected chi connectivity index (χ2v) is 6.09. The molecule has 2 N–H and O–H groups in total. The lowest BCUT2D eigenvalue weighted by atomic mass is 10.0. The van der Waals surface area contributed by atoms with Gasteiger partial charge < -0.3 is 15.4 Å². The Morgan fingerprint density at radius 1 is 1.27 bits per heavy atom. The predicted octanol–water partition coefficient (Wildman–Crippen LogP) is 1.57. The van der Waals surface area contributed by atoms with Gasteiger partial charge in [0.1, 0.15) is 6.04 Å². The fourth-order valence-corrected chi connectivity index (χ4v) is 2.36. The molecule has 0 saturated heterocycles. The minimum absolute atomic E-state index is 0.155. The van der Waals surface area contributed by atoms with Crippen molar-refractivity contribution in [2.45, 2.75) is 39.8 Å². The van der Waals surface area contributed by atoms with Gasteiger partial charge in [-0.1, -0.05) is 19.9 Å². The normalized spacial score (nSPS) is 13.3. The third-order valence-electron chi connectivity index (χ3n) is 2.97. The van der Waals surface area contributed by atoms with Crippen molar-refractivity contribution in [3.05, 3.63) is 22.4 Å². The van der Waals surface area contributed by atoms with Crippen molar-refractivity contribution in [2.75, 3.05) is 6.54 Å². The maximum Gasteiger partial charge on any atom is 0.329 e. The average molecular weight is 326 g/mol. The predicted molar refractivity (Wildman–Crippen MR) is 84.6 cm³/mol. The number of ether oxygens (including phenoxy) is 1. The van der Waals surface area contributed by atoms with Gasteiger partial charge in [-0.25, -0.2) is 4.79 Å². The van der Waals surface area contributed by atoms with Crippen LogP contribution in [0, 0.1) is 5.92 Å². The van der Waals surface area contributed by atoms with E-state index >= 15 is 0 Å². The zero-order valence-corrected chi connectivity index (χ0v) is 14.0. The summed E-state index contributed by atoms with van der Waals surface area (Å²) in [6.07, 6.45) is -0.896. The summed E-state index contributed by atoms with van der Waals surface area (Å²) in [6.45, 7) is 7.35. The van der Waals surface area contributed by atoms with Gasteiger partial charge in [0.25, 0.3) is 11.8 Å². The molecule has 1 aromatic heterocycles. The molecule has 0 aliphatic carbocycles. The molecule has 6 nitrogen and oxygen atoms in total. The zero-order valence-electron chi connectivity index (χ0n) is 13.2. The van der Waals surface area contributed by atoms with E-state index in [9.17, 15) is 14.4 Å². The second-order valence-electron chi connectivity index (χ2n) is 5.15. The highest BCUT2D eigenvalue weighted by atomic mass is 32.1. The van der Waals surface area contributed by atoms with Crippen LogP contribution in [0.2, 0.25) is 0 Å². The lowest BCUT2D eigenvalue weighted by Gasteiger charge is -2.22. The fourth-order valence-electron chi connectivity index (χ4n) is 1.74. The number of rotatable bonds is 7. The highest BCUT2D eigenvalue weighted by Gasteiger charge is 2.29. The molecule has 0 aromatic carbocycles. The molecule has 0 radical (unpaired) electrons. The van der Waals surface area contributed by atoms with Crippen molar-refractivity contribution < 1.29 is 19.1 Å². The van der Waals surface area contributed by atoms with Crippen LogP contribution in [0.1, 0.15) is 37.4 Å². The molecule has 1 aromatic rings. The first-order chi connectivity index (χ1) is 10.4. The minimum Gasteiger partial charge on any atom is -0.451 e. The molecule has 0 bridgehead atoms. The molecule has 0 aliphatic heterocycles. The van der Waals surface area contributed by atoms with Crippen LogP contribution in [0.15, 0.2) is 17.5 Å². The lowest BCUT2D eigenvalue weighted by molar-refractivity contribution is -0.157. The third kappa shape index (κ3) is 5.14. The van der Waals surface area contributed by atoms with E-state index in [0.29, 0.717) is 11.4 Å². The number of hydrogen-bond donors (Lipinski definition) is 2. The summed E-state index contributed by atoms with van der Waals surface area (Å²) < 4.78 is 5.14. The second kappa shape index (κ2) is 8.53. The molecule has 0 aliphatic rings. The standard InChI is InChI=1S/C15H22N2O4S/c1-5-16-13(18)10(4)21-15(20)12(9(2)3)17-14(19)11-7-6-8-22-11/h6-10,12H,5H2,1-4H3,(H,16,18)(H,17,19)/t10-,12-/m0/s1. The third-order valence-corrected chi connectivity index (χ3v) is 3.83. The van der Waals surface area contributed by atoms with Crippen LogP contribution in [-0.4, -0.2) is 36.5 Å². The Balaban J connectivity index is 2.68. The van der Waals surface area contributed by atoms with E-state index in [4.69, 9.17) is 4.74 Å². The number of thiophene rings is 1. The number of esters is 1. The van der Waals surface area contributed by atoms with Gasteiger partial charge in [-0.3, -0.25) is 9.59 Å². The van der Waals surface area contributed by atoms with Gasteiger partial charge in [0.15, 0.2) is 6.10 Å². The average Bonchev–Trinajstić information content (AvgIpc) is 2.98. The molecular formula is C15H22N2O4S. The Morgan fingerprint density at radius 3 is 2.45 bits per heavy atom. The summed E-state index contributed by atoms with van der Waals surface area (Å²) >= 11 is 1.29. The van der Waals surface area contributed by atoms with E-state index in [0.717, 1.165) is 0 Å². The summed E-state index contributed by atoms with van der Waals surface area (Å²) in [7, 11) is 0. The molecule has 0 spiro atoms. The highest BCUT2D eigenvalue weighted by molar-refractivity contribution is 7.12. The van der Waals surface area contributed by atoms with Crippen LogP contribution >= 0.6 is 11.3 Å². The smallest absolute Gasteiger partial charge is 0.329 e. The zero-order chi connectivity index (χ0) is 16.7. The van der Waals surface area contributed by atoms with E-state index in [-0.39, 0.29) is 17.7 Å². The van der Waals surface area contributed by atoms with E-state index in [1.807, 2.05) is 0 Å². The van der Waals surface area contributed by atoms with E-state index in [1.54, 1.807) is 38.3 Å². The molecule has 2 atom stereocenters. The summed E-state index contributed by atoms with van der Waals surface area (Å²) in [5.41, 5.74) is 0. The molecule has 0 unspecified atom stereocenters. The van der Waals surface area contributed by atoms with E-state index in [1.165, 1.54) is 18.3 Å². The van der Waals surface area contributed by atoms with Crippen molar-refractivity contribution >= 4 is 29.1 Å². The summed E-state index contributed by atoms with van der Waals surface area (Å²) in [6, 6.07) is 2.64. The van der Waals surface area contributed by atoms with Gasteiger partial charge in [-0.15, -0.1) is 11.3 Å². The summed E-state index contributed by atoms with van der Waals surface area (Å²) in [4.78, 5) is 36.4. The summed E-state index contributed by atoms with van der Waals surface area (Å²) in [5.74, 6) is -1.45.